The Labute approximate surface area is 147 Å². The molecule has 2 fully saturated rings. The predicted octanol–water partition coefficient (Wildman–Crippen LogP) is 2.29. The largest absolute Gasteiger partial charge is 0.480 e. The summed E-state index contributed by atoms with van der Waals surface area (Å²) >= 11 is 0. The fourth-order valence-corrected chi connectivity index (χ4v) is 3.46. The van der Waals surface area contributed by atoms with Crippen LogP contribution in [0.15, 0.2) is 24.3 Å². The minimum Gasteiger partial charge on any atom is -0.480 e. The van der Waals surface area contributed by atoms with E-state index in [1.54, 1.807) is 4.90 Å². The van der Waals surface area contributed by atoms with E-state index in [1.807, 2.05) is 24.3 Å². The topological polar surface area (TPSA) is 86.7 Å². The normalized spacial score (nSPS) is 22.0. The summed E-state index contributed by atoms with van der Waals surface area (Å²) in [7, 11) is 0. The van der Waals surface area contributed by atoms with E-state index in [0.717, 1.165) is 12.1 Å². The number of hydrogen-bond acceptors (Lipinski definition) is 3. The van der Waals surface area contributed by atoms with Gasteiger partial charge in [-0.05, 0) is 49.3 Å². The van der Waals surface area contributed by atoms with Gasteiger partial charge in [0.1, 0.15) is 11.5 Å². The van der Waals surface area contributed by atoms with Crippen LogP contribution in [0.2, 0.25) is 0 Å². The molecule has 2 aliphatic rings. The Morgan fingerprint density at radius 3 is 2.36 bits per heavy atom. The molecule has 6 heteroatoms. The minimum atomic E-state index is -1.18. The molecule has 1 aliphatic heterocycles. The van der Waals surface area contributed by atoms with E-state index in [0.29, 0.717) is 31.7 Å². The number of carboxylic acids is 1. The van der Waals surface area contributed by atoms with Gasteiger partial charge in [0.2, 0.25) is 11.8 Å². The third kappa shape index (κ3) is 3.13. The lowest BCUT2D eigenvalue weighted by Gasteiger charge is -2.38. The predicted molar refractivity (Wildman–Crippen MR) is 93.4 cm³/mol. The molecule has 0 aromatic heterocycles. The standard InChI is InChI=1S/C19H24N2O4/c1-12(2)13-4-6-14(7-5-13)21-11-8-15(17(21)23)16(22)20-19(18(24)25)9-3-10-19/h4-7,12,15H,3,8-11H2,1-2H3,(H,20,22)(H,24,25). The Morgan fingerprint density at radius 1 is 1.24 bits per heavy atom. The molecule has 2 amide bonds. The van der Waals surface area contributed by atoms with Crippen molar-refractivity contribution in [1.82, 2.24) is 5.32 Å². The first-order valence-corrected chi connectivity index (χ1v) is 8.81. The van der Waals surface area contributed by atoms with Crippen LogP contribution in [0.25, 0.3) is 0 Å². The summed E-state index contributed by atoms with van der Waals surface area (Å²) in [6.45, 7) is 4.68. The number of amides is 2. The summed E-state index contributed by atoms with van der Waals surface area (Å²) in [4.78, 5) is 38.1. The maximum absolute atomic E-state index is 12.6. The first kappa shape index (κ1) is 17.5. The van der Waals surface area contributed by atoms with Gasteiger partial charge in [-0.15, -0.1) is 0 Å². The van der Waals surface area contributed by atoms with E-state index in [1.165, 1.54) is 5.56 Å². The molecule has 25 heavy (non-hydrogen) atoms. The third-order valence-electron chi connectivity index (χ3n) is 5.37. The zero-order chi connectivity index (χ0) is 18.2. The highest BCUT2D eigenvalue weighted by molar-refractivity contribution is 6.10. The quantitative estimate of drug-likeness (QED) is 0.803. The van der Waals surface area contributed by atoms with E-state index < -0.39 is 23.3 Å². The van der Waals surface area contributed by atoms with Crippen LogP contribution in [-0.4, -0.2) is 35.0 Å². The highest BCUT2D eigenvalue weighted by Gasteiger charge is 2.48. The molecule has 1 aliphatic carbocycles. The van der Waals surface area contributed by atoms with Crippen molar-refractivity contribution in [1.29, 1.82) is 0 Å². The molecule has 1 atom stereocenters. The minimum absolute atomic E-state index is 0.255. The highest BCUT2D eigenvalue weighted by atomic mass is 16.4. The molecule has 3 rings (SSSR count). The lowest BCUT2D eigenvalue weighted by molar-refractivity contribution is -0.153. The molecule has 1 aromatic rings. The summed E-state index contributed by atoms with van der Waals surface area (Å²) in [6, 6.07) is 7.79. The van der Waals surface area contributed by atoms with Gasteiger partial charge in [-0.25, -0.2) is 4.79 Å². The zero-order valence-corrected chi connectivity index (χ0v) is 14.6. The molecule has 1 heterocycles. The van der Waals surface area contributed by atoms with Crippen LogP contribution in [0.3, 0.4) is 0 Å². The van der Waals surface area contributed by atoms with E-state index in [-0.39, 0.29) is 5.91 Å². The molecule has 0 radical (unpaired) electrons. The van der Waals surface area contributed by atoms with E-state index >= 15 is 0 Å². The average Bonchev–Trinajstić information content (AvgIpc) is 2.92. The van der Waals surface area contributed by atoms with E-state index in [4.69, 9.17) is 0 Å². The molecule has 0 spiro atoms. The second-order valence-corrected chi connectivity index (χ2v) is 7.31. The Hall–Kier alpha value is -2.37. The molecule has 1 aromatic carbocycles. The lowest BCUT2D eigenvalue weighted by Crippen LogP contribution is -2.60. The van der Waals surface area contributed by atoms with E-state index in [2.05, 4.69) is 19.2 Å². The van der Waals surface area contributed by atoms with Crippen LogP contribution < -0.4 is 10.2 Å². The van der Waals surface area contributed by atoms with Crippen molar-refractivity contribution in [2.24, 2.45) is 5.92 Å². The lowest BCUT2D eigenvalue weighted by atomic mass is 9.76. The molecular weight excluding hydrogens is 320 g/mol. The number of nitrogens with one attached hydrogen (secondary N) is 1. The maximum Gasteiger partial charge on any atom is 0.329 e. The molecule has 134 valence electrons. The monoisotopic (exact) mass is 344 g/mol. The van der Waals surface area contributed by atoms with Crippen molar-refractivity contribution in [3.05, 3.63) is 29.8 Å². The number of carboxylic acid groups (broad SMARTS) is 1. The number of nitrogens with zero attached hydrogens (tertiary/aromatic N) is 1. The van der Waals surface area contributed by atoms with Gasteiger partial charge in [-0.3, -0.25) is 9.59 Å². The van der Waals surface area contributed by atoms with Gasteiger partial charge >= 0.3 is 5.97 Å². The first-order chi connectivity index (χ1) is 11.8. The van der Waals surface area contributed by atoms with Crippen LogP contribution in [0.1, 0.15) is 51.0 Å². The number of aliphatic carboxylic acids is 1. The fraction of sp³-hybridized carbons (Fsp3) is 0.526. The molecule has 6 nitrogen and oxygen atoms in total. The summed E-state index contributed by atoms with van der Waals surface area (Å²) < 4.78 is 0. The first-order valence-electron chi connectivity index (χ1n) is 8.81. The van der Waals surface area contributed by atoms with Crippen LogP contribution >= 0.6 is 0 Å². The second kappa shape index (κ2) is 6.50. The highest BCUT2D eigenvalue weighted by Crippen LogP contribution is 2.33. The van der Waals surface area contributed by atoms with Crippen molar-refractivity contribution in [3.63, 3.8) is 0 Å². The van der Waals surface area contributed by atoms with E-state index in [9.17, 15) is 19.5 Å². The Morgan fingerprint density at radius 2 is 1.88 bits per heavy atom. The van der Waals surface area contributed by atoms with Gasteiger partial charge in [-0.1, -0.05) is 26.0 Å². The third-order valence-corrected chi connectivity index (χ3v) is 5.37. The molecule has 0 bridgehead atoms. The van der Waals surface area contributed by atoms with Crippen LogP contribution in [-0.2, 0) is 14.4 Å². The van der Waals surface area contributed by atoms with Gasteiger partial charge < -0.3 is 15.3 Å². The Kier molecular flexibility index (Phi) is 4.54. The number of hydrogen-bond donors (Lipinski definition) is 2. The number of rotatable bonds is 5. The molecule has 1 saturated carbocycles. The van der Waals surface area contributed by atoms with Gasteiger partial charge in [0.25, 0.3) is 0 Å². The molecular formula is C19H24N2O4. The molecule has 1 saturated heterocycles. The smallest absolute Gasteiger partial charge is 0.329 e. The average molecular weight is 344 g/mol. The Bertz CT molecular complexity index is 692. The van der Waals surface area contributed by atoms with Crippen molar-refractivity contribution in [2.75, 3.05) is 11.4 Å². The molecule has 1 unspecified atom stereocenters. The Balaban J connectivity index is 1.69. The summed E-state index contributed by atoms with van der Waals surface area (Å²) in [5.41, 5.74) is 0.795. The van der Waals surface area contributed by atoms with Crippen molar-refractivity contribution >= 4 is 23.5 Å². The van der Waals surface area contributed by atoms with Gasteiger partial charge in [-0.2, -0.15) is 0 Å². The van der Waals surface area contributed by atoms with Gasteiger partial charge in [0.05, 0.1) is 0 Å². The zero-order valence-electron chi connectivity index (χ0n) is 14.6. The summed E-state index contributed by atoms with van der Waals surface area (Å²) in [6.07, 6.45) is 2.04. The van der Waals surface area contributed by atoms with Crippen LogP contribution in [0, 0.1) is 5.92 Å². The maximum atomic E-state index is 12.6. The SMILES string of the molecule is CC(C)c1ccc(N2CCC(C(=O)NC3(C(=O)O)CCC3)C2=O)cc1. The number of benzene rings is 1. The van der Waals surface area contributed by atoms with Gasteiger partial charge in [0, 0.05) is 12.2 Å². The summed E-state index contributed by atoms with van der Waals surface area (Å²) in [5, 5.41) is 11.9. The van der Waals surface area contributed by atoms with Crippen LogP contribution in [0.4, 0.5) is 5.69 Å². The number of anilines is 1. The van der Waals surface area contributed by atoms with Crippen molar-refractivity contribution in [2.45, 2.75) is 51.0 Å². The fourth-order valence-electron chi connectivity index (χ4n) is 3.46. The summed E-state index contributed by atoms with van der Waals surface area (Å²) in [5.74, 6) is -2.13. The van der Waals surface area contributed by atoms with Crippen LogP contribution in [0.5, 0.6) is 0 Å². The van der Waals surface area contributed by atoms with Crippen molar-refractivity contribution < 1.29 is 19.5 Å². The van der Waals surface area contributed by atoms with Crippen molar-refractivity contribution in [3.8, 4) is 0 Å². The van der Waals surface area contributed by atoms with Gasteiger partial charge in [0.15, 0.2) is 0 Å². The number of carbonyl (C=O) groups is 3. The molecule has 2 N–H and O–H groups in total. The number of carbonyl (C=O) groups excluding carboxylic acids is 2. The second-order valence-electron chi connectivity index (χ2n) is 7.31.